The average Bonchev–Trinajstić information content (AvgIpc) is 3.25. The number of carbonyl (C=O) groups is 2. The largest absolute Gasteiger partial charge is 0.339 e. The van der Waals surface area contributed by atoms with Crippen molar-refractivity contribution in [2.75, 3.05) is 25.5 Å². The van der Waals surface area contributed by atoms with Crippen molar-refractivity contribution >= 4 is 17.6 Å². The zero-order valence-corrected chi connectivity index (χ0v) is 14.4. The van der Waals surface area contributed by atoms with Gasteiger partial charge in [-0.1, -0.05) is 12.8 Å². The Labute approximate surface area is 147 Å². The molecule has 0 spiro atoms. The van der Waals surface area contributed by atoms with Crippen LogP contribution < -0.4 is 5.32 Å². The Hall–Kier alpha value is -2.62. The predicted molar refractivity (Wildman–Crippen MR) is 92.7 cm³/mol. The third-order valence-electron chi connectivity index (χ3n) is 5.01. The average molecular weight is 341 g/mol. The Kier molecular flexibility index (Phi) is 5.17. The lowest BCUT2D eigenvalue weighted by atomic mass is 10.1. The second kappa shape index (κ2) is 7.51. The van der Waals surface area contributed by atoms with Crippen LogP contribution in [-0.4, -0.2) is 52.9 Å². The maximum atomic E-state index is 12.3. The number of hydrogen-bond acceptors (Lipinski definition) is 4. The Balaban J connectivity index is 1.51. The number of likely N-dealkylation sites (tertiary alicyclic amines) is 1. The third-order valence-corrected chi connectivity index (χ3v) is 5.01. The topological polar surface area (TPSA) is 89.3 Å². The van der Waals surface area contributed by atoms with Gasteiger partial charge in [-0.15, -0.1) is 0 Å². The molecular weight excluding hydrogens is 318 g/mol. The number of nitrogens with zero attached hydrogens (tertiary/aromatic N) is 4. The van der Waals surface area contributed by atoms with Gasteiger partial charge in [0.15, 0.2) is 0 Å². The van der Waals surface area contributed by atoms with E-state index in [1.54, 1.807) is 24.1 Å². The van der Waals surface area contributed by atoms with Gasteiger partial charge >= 0.3 is 6.03 Å². The Bertz CT molecular complexity index is 676. The predicted octanol–water partition coefficient (Wildman–Crippen LogP) is 2.21. The van der Waals surface area contributed by atoms with E-state index in [1.807, 2.05) is 11.0 Å². The van der Waals surface area contributed by atoms with Crippen molar-refractivity contribution < 1.29 is 9.59 Å². The highest BCUT2D eigenvalue weighted by molar-refractivity contribution is 5.89. The third kappa shape index (κ3) is 4.08. The fourth-order valence-electron chi connectivity index (χ4n) is 3.72. The number of amides is 3. The molecule has 7 nitrogen and oxygen atoms in total. The summed E-state index contributed by atoms with van der Waals surface area (Å²) in [6, 6.07) is 5.32. The fraction of sp³-hybridized carbons (Fsp3) is 0.556. The van der Waals surface area contributed by atoms with E-state index in [2.05, 4.69) is 10.3 Å². The molecule has 3 rings (SSSR count). The Morgan fingerprint density at radius 2 is 2.20 bits per heavy atom. The molecule has 1 aromatic rings. The second-order valence-electron chi connectivity index (χ2n) is 6.91. The van der Waals surface area contributed by atoms with Crippen LogP contribution in [-0.2, 0) is 4.79 Å². The van der Waals surface area contributed by atoms with Gasteiger partial charge in [0.05, 0.1) is 11.9 Å². The first kappa shape index (κ1) is 17.2. The molecule has 25 heavy (non-hydrogen) atoms. The molecule has 2 heterocycles. The molecule has 1 saturated heterocycles. The van der Waals surface area contributed by atoms with E-state index in [-0.39, 0.29) is 17.9 Å². The first-order valence-electron chi connectivity index (χ1n) is 8.74. The summed E-state index contributed by atoms with van der Waals surface area (Å²) in [4.78, 5) is 32.1. The molecule has 7 heteroatoms. The van der Waals surface area contributed by atoms with Crippen molar-refractivity contribution in [3.8, 4) is 6.07 Å². The maximum Gasteiger partial charge on any atom is 0.321 e. The summed E-state index contributed by atoms with van der Waals surface area (Å²) in [5.74, 6) is 0.407. The van der Waals surface area contributed by atoms with Gasteiger partial charge in [0, 0.05) is 38.5 Å². The minimum absolute atomic E-state index is 0.183. The number of hydrogen-bond donors (Lipinski definition) is 1. The van der Waals surface area contributed by atoms with Crippen LogP contribution in [0.15, 0.2) is 18.3 Å². The zero-order valence-electron chi connectivity index (χ0n) is 14.4. The number of pyridine rings is 1. The minimum Gasteiger partial charge on any atom is -0.339 e. The number of anilines is 1. The molecule has 1 aliphatic heterocycles. The van der Waals surface area contributed by atoms with Gasteiger partial charge in [-0.3, -0.25) is 4.79 Å². The highest BCUT2D eigenvalue weighted by Crippen LogP contribution is 2.29. The normalized spacial score (nSPS) is 20.6. The summed E-state index contributed by atoms with van der Waals surface area (Å²) in [6.07, 6.45) is 6.62. The van der Waals surface area contributed by atoms with E-state index in [1.165, 1.54) is 19.0 Å². The number of nitrogens with one attached hydrogen (secondary N) is 1. The van der Waals surface area contributed by atoms with Crippen molar-refractivity contribution in [2.45, 2.75) is 38.1 Å². The summed E-state index contributed by atoms with van der Waals surface area (Å²) in [7, 11) is 1.73. The monoisotopic (exact) mass is 341 g/mol. The van der Waals surface area contributed by atoms with Gasteiger partial charge in [-0.05, 0) is 25.0 Å². The summed E-state index contributed by atoms with van der Waals surface area (Å²) in [6.45, 7) is 1.30. The summed E-state index contributed by atoms with van der Waals surface area (Å²) in [5, 5.41) is 11.5. The van der Waals surface area contributed by atoms with Crippen molar-refractivity contribution in [3.05, 3.63) is 24.0 Å². The lowest BCUT2D eigenvalue weighted by Gasteiger charge is -2.25. The Morgan fingerprint density at radius 1 is 1.44 bits per heavy atom. The maximum absolute atomic E-state index is 12.3. The molecule has 0 radical (unpaired) electrons. The smallest absolute Gasteiger partial charge is 0.321 e. The summed E-state index contributed by atoms with van der Waals surface area (Å²) < 4.78 is 0. The van der Waals surface area contributed by atoms with Crippen LogP contribution in [0.3, 0.4) is 0 Å². The standard InChI is InChI=1S/C18H23N5O2/c1-22(18(25)21-15-7-6-14(9-19)20-10-15)11-13-8-17(24)23(12-13)16-4-2-3-5-16/h6-7,10,13,16H,2-5,8,11-12H2,1H3,(H,21,25). The van der Waals surface area contributed by atoms with Crippen LogP contribution in [0.2, 0.25) is 0 Å². The van der Waals surface area contributed by atoms with Crippen LogP contribution in [0.5, 0.6) is 0 Å². The molecule has 1 saturated carbocycles. The van der Waals surface area contributed by atoms with Gasteiger partial charge in [0.1, 0.15) is 11.8 Å². The van der Waals surface area contributed by atoms with Crippen molar-refractivity contribution in [1.29, 1.82) is 5.26 Å². The van der Waals surface area contributed by atoms with Crippen LogP contribution in [0.4, 0.5) is 10.5 Å². The van der Waals surface area contributed by atoms with Gasteiger partial charge < -0.3 is 15.1 Å². The number of carbonyl (C=O) groups excluding carboxylic acids is 2. The molecule has 2 fully saturated rings. The fourth-order valence-corrected chi connectivity index (χ4v) is 3.72. The SMILES string of the molecule is CN(CC1CC(=O)N(C2CCCC2)C1)C(=O)Nc1ccc(C#N)nc1. The van der Waals surface area contributed by atoms with E-state index in [0.717, 1.165) is 19.4 Å². The first-order chi connectivity index (χ1) is 12.1. The molecule has 0 aromatic carbocycles. The molecule has 0 bridgehead atoms. The molecule has 1 atom stereocenters. The van der Waals surface area contributed by atoms with Gasteiger partial charge in [-0.25, -0.2) is 9.78 Å². The van der Waals surface area contributed by atoms with E-state index in [4.69, 9.17) is 5.26 Å². The van der Waals surface area contributed by atoms with Gasteiger partial charge in [0.2, 0.25) is 5.91 Å². The highest BCUT2D eigenvalue weighted by atomic mass is 16.2. The molecular formula is C18H23N5O2. The van der Waals surface area contributed by atoms with Crippen LogP contribution in [0.25, 0.3) is 0 Å². The quantitative estimate of drug-likeness (QED) is 0.909. The number of rotatable bonds is 4. The molecule has 1 N–H and O–H groups in total. The molecule has 2 aliphatic rings. The zero-order chi connectivity index (χ0) is 17.8. The molecule has 1 unspecified atom stereocenters. The second-order valence-corrected chi connectivity index (χ2v) is 6.91. The van der Waals surface area contributed by atoms with Crippen LogP contribution >= 0.6 is 0 Å². The number of aromatic nitrogens is 1. The Morgan fingerprint density at radius 3 is 2.84 bits per heavy atom. The molecule has 1 aliphatic carbocycles. The van der Waals surface area contributed by atoms with Crippen molar-refractivity contribution in [1.82, 2.24) is 14.8 Å². The molecule has 3 amide bonds. The van der Waals surface area contributed by atoms with E-state index in [9.17, 15) is 9.59 Å². The first-order valence-corrected chi connectivity index (χ1v) is 8.74. The van der Waals surface area contributed by atoms with E-state index < -0.39 is 0 Å². The number of urea groups is 1. The highest BCUT2D eigenvalue weighted by Gasteiger charge is 2.36. The summed E-state index contributed by atoms with van der Waals surface area (Å²) >= 11 is 0. The molecule has 132 valence electrons. The minimum atomic E-state index is -0.238. The van der Waals surface area contributed by atoms with Crippen LogP contribution in [0, 0.1) is 17.2 Å². The lowest BCUT2D eigenvalue weighted by Crippen LogP contribution is -2.37. The summed E-state index contributed by atoms with van der Waals surface area (Å²) in [5.41, 5.74) is 0.855. The van der Waals surface area contributed by atoms with Crippen LogP contribution in [0.1, 0.15) is 37.8 Å². The van der Waals surface area contributed by atoms with Gasteiger partial charge in [0.25, 0.3) is 0 Å². The van der Waals surface area contributed by atoms with E-state index in [0.29, 0.717) is 30.4 Å². The van der Waals surface area contributed by atoms with Crippen molar-refractivity contribution in [2.24, 2.45) is 5.92 Å². The van der Waals surface area contributed by atoms with Gasteiger partial charge in [-0.2, -0.15) is 5.26 Å². The van der Waals surface area contributed by atoms with Crippen molar-refractivity contribution in [3.63, 3.8) is 0 Å². The molecule has 1 aromatic heterocycles. The van der Waals surface area contributed by atoms with E-state index >= 15 is 0 Å². The number of nitriles is 1. The lowest BCUT2D eigenvalue weighted by molar-refractivity contribution is -0.129.